The van der Waals surface area contributed by atoms with Gasteiger partial charge in [0.1, 0.15) is 11.8 Å². The topological polar surface area (TPSA) is 39.2 Å². The molecule has 0 radical (unpaired) electrons. The molecule has 2 nitrogen and oxygen atoms in total. The second-order valence-corrected chi connectivity index (χ2v) is 3.71. The Morgan fingerprint density at radius 3 is 2.69 bits per heavy atom. The highest BCUT2D eigenvalue weighted by Gasteiger charge is 2.36. The molecule has 2 N–H and O–H groups in total. The summed E-state index contributed by atoms with van der Waals surface area (Å²) in [6.45, 7) is 1.20. The summed E-state index contributed by atoms with van der Waals surface area (Å²) in [5, 5.41) is 0.0397. The fourth-order valence-corrected chi connectivity index (χ4v) is 1.47. The summed E-state index contributed by atoms with van der Waals surface area (Å²) >= 11 is 0. The smallest absolute Gasteiger partial charge is 0.287 e. The number of halogens is 3. The number of furan rings is 1. The summed E-state index contributed by atoms with van der Waals surface area (Å²) in [5.74, 6) is -3.84. The van der Waals surface area contributed by atoms with E-state index in [0.717, 1.165) is 12.3 Å². The van der Waals surface area contributed by atoms with Crippen molar-refractivity contribution in [2.45, 2.75) is 18.9 Å². The predicted octanol–water partition coefficient (Wildman–Crippen LogP) is 3.01. The monoisotopic (exact) mass is 229 g/mol. The first-order chi connectivity index (χ1) is 7.43. The van der Waals surface area contributed by atoms with Crippen molar-refractivity contribution in [1.82, 2.24) is 0 Å². The highest BCUT2D eigenvalue weighted by Crippen LogP contribution is 2.33. The van der Waals surface area contributed by atoms with Crippen molar-refractivity contribution in [2.75, 3.05) is 0 Å². The lowest BCUT2D eigenvalue weighted by molar-refractivity contribution is -0.0255. The van der Waals surface area contributed by atoms with Crippen LogP contribution in [0.4, 0.5) is 13.2 Å². The van der Waals surface area contributed by atoms with Gasteiger partial charge in [0.25, 0.3) is 5.92 Å². The van der Waals surface area contributed by atoms with E-state index >= 15 is 0 Å². The summed E-state index contributed by atoms with van der Waals surface area (Å²) in [6.07, 6.45) is 0.887. The third-order valence-electron chi connectivity index (χ3n) is 2.48. The highest BCUT2D eigenvalue weighted by atomic mass is 19.3. The third kappa shape index (κ3) is 1.57. The molecule has 0 bridgehead atoms. The first-order valence-electron chi connectivity index (χ1n) is 4.73. The maximum Gasteiger partial charge on any atom is 0.287 e. The number of nitrogens with two attached hydrogens (primary N) is 1. The van der Waals surface area contributed by atoms with Crippen LogP contribution in [-0.2, 0) is 5.92 Å². The van der Waals surface area contributed by atoms with Crippen LogP contribution in [0.1, 0.15) is 12.5 Å². The average Bonchev–Trinajstić information content (AvgIpc) is 2.60. The zero-order valence-corrected chi connectivity index (χ0v) is 8.51. The van der Waals surface area contributed by atoms with Crippen molar-refractivity contribution in [3.8, 4) is 0 Å². The van der Waals surface area contributed by atoms with E-state index in [0.29, 0.717) is 0 Å². The molecule has 1 aromatic carbocycles. The van der Waals surface area contributed by atoms with Gasteiger partial charge in [0, 0.05) is 5.56 Å². The van der Waals surface area contributed by atoms with Crippen LogP contribution >= 0.6 is 0 Å². The molecule has 0 fully saturated rings. The predicted molar refractivity (Wildman–Crippen MR) is 53.7 cm³/mol. The van der Waals surface area contributed by atoms with Crippen LogP contribution in [0.2, 0.25) is 0 Å². The Labute approximate surface area is 89.8 Å². The lowest BCUT2D eigenvalue weighted by Gasteiger charge is -2.20. The first kappa shape index (κ1) is 11.0. The molecule has 2 aromatic rings. The van der Waals surface area contributed by atoms with Crippen LogP contribution in [0.3, 0.4) is 0 Å². The van der Waals surface area contributed by atoms with Gasteiger partial charge in [-0.1, -0.05) is 0 Å². The van der Waals surface area contributed by atoms with Gasteiger partial charge in [0.15, 0.2) is 5.82 Å². The maximum absolute atomic E-state index is 13.6. The van der Waals surface area contributed by atoms with E-state index in [1.54, 1.807) is 0 Å². The van der Waals surface area contributed by atoms with Crippen molar-refractivity contribution in [1.29, 1.82) is 0 Å². The van der Waals surface area contributed by atoms with Crippen LogP contribution in [0.25, 0.3) is 11.0 Å². The molecule has 0 aliphatic rings. The molecule has 0 amide bonds. The van der Waals surface area contributed by atoms with Gasteiger partial charge in [0.2, 0.25) is 0 Å². The summed E-state index contributed by atoms with van der Waals surface area (Å²) in [6, 6.07) is 2.23. The molecule has 1 heterocycles. The molecular formula is C11H10F3NO. The Hall–Kier alpha value is -1.49. The summed E-state index contributed by atoms with van der Waals surface area (Å²) in [5.41, 5.74) is 5.12. The van der Waals surface area contributed by atoms with Gasteiger partial charge >= 0.3 is 0 Å². The van der Waals surface area contributed by atoms with E-state index in [4.69, 9.17) is 10.2 Å². The summed E-state index contributed by atoms with van der Waals surface area (Å²) < 4.78 is 45.1. The van der Waals surface area contributed by atoms with Crippen molar-refractivity contribution < 1.29 is 17.6 Å². The fourth-order valence-electron chi connectivity index (χ4n) is 1.47. The van der Waals surface area contributed by atoms with Crippen LogP contribution in [0, 0.1) is 5.82 Å². The largest absolute Gasteiger partial charge is 0.461 e. The molecule has 0 saturated heterocycles. The molecule has 1 atom stereocenters. The number of alkyl halides is 2. The number of rotatable bonds is 2. The molecular weight excluding hydrogens is 219 g/mol. The molecule has 86 valence electrons. The van der Waals surface area contributed by atoms with Crippen LogP contribution in [0.5, 0.6) is 0 Å². The molecule has 0 saturated carbocycles. The minimum absolute atomic E-state index is 0.0397. The molecule has 0 spiro atoms. The molecule has 16 heavy (non-hydrogen) atoms. The van der Waals surface area contributed by atoms with Crippen molar-refractivity contribution in [2.24, 2.45) is 5.73 Å². The summed E-state index contributed by atoms with van der Waals surface area (Å²) in [7, 11) is 0. The third-order valence-corrected chi connectivity index (χ3v) is 2.48. The van der Waals surface area contributed by atoms with Crippen molar-refractivity contribution >= 4 is 11.0 Å². The van der Waals surface area contributed by atoms with Gasteiger partial charge in [-0.3, -0.25) is 0 Å². The molecule has 1 aromatic heterocycles. The second-order valence-electron chi connectivity index (χ2n) is 3.71. The van der Waals surface area contributed by atoms with Gasteiger partial charge in [-0.25, -0.2) is 4.39 Å². The van der Waals surface area contributed by atoms with E-state index < -0.39 is 17.8 Å². The van der Waals surface area contributed by atoms with Gasteiger partial charge in [-0.2, -0.15) is 8.78 Å². The Bertz CT molecular complexity index is 519. The van der Waals surface area contributed by atoms with Gasteiger partial charge in [-0.05, 0) is 25.1 Å². The quantitative estimate of drug-likeness (QED) is 0.859. The molecule has 1 unspecified atom stereocenters. The van der Waals surface area contributed by atoms with E-state index in [1.807, 2.05) is 0 Å². The minimum Gasteiger partial charge on any atom is -0.461 e. The number of hydrogen-bond acceptors (Lipinski definition) is 2. The lowest BCUT2D eigenvalue weighted by Crippen LogP contribution is -2.35. The van der Waals surface area contributed by atoms with Crippen molar-refractivity contribution in [3.05, 3.63) is 35.8 Å². The van der Waals surface area contributed by atoms with Crippen LogP contribution in [-0.4, -0.2) is 6.04 Å². The number of benzene rings is 1. The molecule has 5 heteroatoms. The van der Waals surface area contributed by atoms with E-state index in [9.17, 15) is 13.2 Å². The normalized spacial score (nSPS) is 14.3. The van der Waals surface area contributed by atoms with E-state index in [2.05, 4.69) is 0 Å². The lowest BCUT2D eigenvalue weighted by atomic mass is 10.0. The Kier molecular flexibility index (Phi) is 2.42. The van der Waals surface area contributed by atoms with Gasteiger partial charge < -0.3 is 10.2 Å². The van der Waals surface area contributed by atoms with Gasteiger partial charge in [-0.15, -0.1) is 0 Å². The SMILES string of the molecule is CC(N)C(F)(F)c1ccc2occ(F)c2c1. The van der Waals surface area contributed by atoms with Crippen molar-refractivity contribution in [3.63, 3.8) is 0 Å². The Morgan fingerprint density at radius 1 is 1.38 bits per heavy atom. The summed E-state index contributed by atoms with van der Waals surface area (Å²) in [4.78, 5) is 0. The molecule has 0 aliphatic heterocycles. The molecule has 2 rings (SSSR count). The van der Waals surface area contributed by atoms with Crippen LogP contribution < -0.4 is 5.73 Å². The standard InChI is InChI=1S/C11H10F3NO/c1-6(15)11(13,14)7-2-3-10-8(4-7)9(12)5-16-10/h2-6H,15H2,1H3. The average molecular weight is 229 g/mol. The van der Waals surface area contributed by atoms with Crippen LogP contribution in [0.15, 0.2) is 28.9 Å². The van der Waals surface area contributed by atoms with Gasteiger partial charge in [0.05, 0.1) is 11.4 Å². The van der Waals surface area contributed by atoms with E-state index in [-0.39, 0.29) is 16.5 Å². The number of fused-ring (bicyclic) bond motifs is 1. The zero-order valence-electron chi connectivity index (χ0n) is 8.51. The number of hydrogen-bond donors (Lipinski definition) is 1. The zero-order chi connectivity index (χ0) is 11.9. The first-order valence-corrected chi connectivity index (χ1v) is 4.73. The van der Waals surface area contributed by atoms with E-state index in [1.165, 1.54) is 19.1 Å². The Morgan fingerprint density at radius 2 is 2.06 bits per heavy atom. The Balaban J connectivity index is 2.58. The molecule has 0 aliphatic carbocycles. The highest BCUT2D eigenvalue weighted by molar-refractivity contribution is 5.78. The minimum atomic E-state index is -3.18. The maximum atomic E-state index is 13.6. The second kappa shape index (κ2) is 3.52. The fraction of sp³-hybridized carbons (Fsp3) is 0.273.